The highest BCUT2D eigenvalue weighted by molar-refractivity contribution is 5.53. The van der Waals surface area contributed by atoms with Crippen molar-refractivity contribution in [2.45, 2.75) is 38.1 Å². The number of piperidine rings is 1. The normalized spacial score (nSPS) is 19.1. The van der Waals surface area contributed by atoms with Crippen LogP contribution >= 0.6 is 0 Å². The first kappa shape index (κ1) is 13.3. The Kier molecular flexibility index (Phi) is 4.11. The van der Waals surface area contributed by atoms with E-state index in [1.54, 1.807) is 0 Å². The zero-order valence-electron chi connectivity index (χ0n) is 12.0. The van der Waals surface area contributed by atoms with Crippen molar-refractivity contribution in [3.8, 4) is 11.4 Å². The molecule has 1 unspecified atom stereocenters. The van der Waals surface area contributed by atoms with Gasteiger partial charge in [-0.15, -0.1) is 0 Å². The van der Waals surface area contributed by atoms with Crippen LogP contribution in [0.3, 0.4) is 0 Å². The van der Waals surface area contributed by atoms with Gasteiger partial charge >= 0.3 is 0 Å². The quantitative estimate of drug-likeness (QED) is 0.928. The summed E-state index contributed by atoms with van der Waals surface area (Å²) in [5.41, 5.74) is 1.09. The second-order valence-electron chi connectivity index (χ2n) is 5.53. The van der Waals surface area contributed by atoms with Crippen LogP contribution in [0, 0.1) is 0 Å². The molecule has 0 amide bonds. The fourth-order valence-electron chi connectivity index (χ4n) is 2.82. The van der Waals surface area contributed by atoms with Gasteiger partial charge in [-0.2, -0.15) is 5.10 Å². The van der Waals surface area contributed by atoms with E-state index in [0.29, 0.717) is 6.04 Å². The van der Waals surface area contributed by atoms with Gasteiger partial charge in [-0.3, -0.25) is 4.68 Å². The van der Waals surface area contributed by atoms with Crippen LogP contribution in [-0.2, 0) is 13.5 Å². The number of hydrogen-bond acceptors (Lipinski definition) is 3. The van der Waals surface area contributed by atoms with E-state index in [1.807, 2.05) is 29.9 Å². The zero-order chi connectivity index (χ0) is 13.8. The summed E-state index contributed by atoms with van der Waals surface area (Å²) < 4.78 is 1.92. The van der Waals surface area contributed by atoms with Crippen molar-refractivity contribution in [1.29, 1.82) is 0 Å². The first-order valence-corrected chi connectivity index (χ1v) is 7.51. The lowest BCUT2D eigenvalue weighted by molar-refractivity contribution is 0.379. The van der Waals surface area contributed by atoms with Crippen molar-refractivity contribution >= 4 is 0 Å². The van der Waals surface area contributed by atoms with Gasteiger partial charge in [0.1, 0.15) is 5.82 Å². The van der Waals surface area contributed by atoms with Crippen LogP contribution < -0.4 is 5.32 Å². The number of aryl methyl sites for hydroxylation is 2. The van der Waals surface area contributed by atoms with E-state index in [1.165, 1.54) is 25.8 Å². The molecule has 3 rings (SSSR count). The number of nitrogens with one attached hydrogen (secondary N) is 1. The lowest BCUT2D eigenvalue weighted by Gasteiger charge is -2.22. The number of nitrogens with zero attached hydrogens (tertiary/aromatic N) is 3. The molecule has 20 heavy (non-hydrogen) atoms. The fourth-order valence-corrected chi connectivity index (χ4v) is 2.82. The van der Waals surface area contributed by atoms with Crippen molar-refractivity contribution in [3.05, 3.63) is 36.2 Å². The summed E-state index contributed by atoms with van der Waals surface area (Å²) in [4.78, 5) is 4.69. The highest BCUT2D eigenvalue weighted by atomic mass is 15.3. The molecular formula is C16H22N4. The van der Waals surface area contributed by atoms with Gasteiger partial charge in [-0.05, 0) is 25.8 Å². The molecule has 1 aliphatic heterocycles. The molecule has 0 saturated carbocycles. The minimum Gasteiger partial charge on any atom is -0.314 e. The minimum atomic E-state index is 0.653. The molecular weight excluding hydrogens is 248 g/mol. The van der Waals surface area contributed by atoms with E-state index in [-0.39, 0.29) is 0 Å². The molecule has 4 nitrogen and oxygen atoms in total. The number of rotatable bonds is 4. The Balaban J connectivity index is 1.66. The lowest BCUT2D eigenvalue weighted by atomic mass is 10.0. The molecule has 106 valence electrons. The maximum absolute atomic E-state index is 4.69. The average molecular weight is 270 g/mol. The number of benzene rings is 1. The Hall–Kier alpha value is -1.68. The van der Waals surface area contributed by atoms with Crippen LogP contribution in [-0.4, -0.2) is 27.4 Å². The predicted octanol–water partition coefficient (Wildman–Crippen LogP) is 2.56. The second-order valence-corrected chi connectivity index (χ2v) is 5.53. The topological polar surface area (TPSA) is 42.7 Å². The third-order valence-electron chi connectivity index (χ3n) is 4.01. The molecule has 2 aromatic rings. The SMILES string of the molecule is Cn1nc(-c2ccccc2)nc1CCC1CCCCN1. The Bertz CT molecular complexity index is 541. The molecule has 1 aromatic heterocycles. The summed E-state index contributed by atoms with van der Waals surface area (Å²) >= 11 is 0. The van der Waals surface area contributed by atoms with Gasteiger partial charge in [-0.1, -0.05) is 36.8 Å². The van der Waals surface area contributed by atoms with E-state index in [0.717, 1.165) is 30.1 Å². The van der Waals surface area contributed by atoms with Crippen molar-refractivity contribution in [3.63, 3.8) is 0 Å². The molecule has 0 spiro atoms. The summed E-state index contributed by atoms with van der Waals surface area (Å²) in [5, 5.41) is 8.12. The largest absolute Gasteiger partial charge is 0.314 e. The molecule has 1 fully saturated rings. The van der Waals surface area contributed by atoms with E-state index in [9.17, 15) is 0 Å². The number of aromatic nitrogens is 3. The Labute approximate surface area is 120 Å². The van der Waals surface area contributed by atoms with Crippen LogP contribution in [0.15, 0.2) is 30.3 Å². The van der Waals surface area contributed by atoms with Gasteiger partial charge in [0, 0.05) is 25.1 Å². The maximum Gasteiger partial charge on any atom is 0.181 e. The molecule has 0 aliphatic carbocycles. The monoisotopic (exact) mass is 270 g/mol. The van der Waals surface area contributed by atoms with E-state index < -0.39 is 0 Å². The molecule has 1 saturated heterocycles. The molecule has 1 atom stereocenters. The lowest BCUT2D eigenvalue weighted by Crippen LogP contribution is -2.34. The average Bonchev–Trinajstić information content (AvgIpc) is 2.88. The van der Waals surface area contributed by atoms with Crippen molar-refractivity contribution in [1.82, 2.24) is 20.1 Å². The maximum atomic E-state index is 4.69. The summed E-state index contributed by atoms with van der Waals surface area (Å²) in [7, 11) is 1.99. The van der Waals surface area contributed by atoms with Crippen molar-refractivity contribution < 1.29 is 0 Å². The van der Waals surface area contributed by atoms with Gasteiger partial charge in [0.15, 0.2) is 5.82 Å². The van der Waals surface area contributed by atoms with Crippen molar-refractivity contribution in [2.24, 2.45) is 7.05 Å². The standard InChI is InChI=1S/C16H22N4/c1-20-15(11-10-14-9-5-6-12-17-14)18-16(19-20)13-7-3-2-4-8-13/h2-4,7-8,14,17H,5-6,9-12H2,1H3. The van der Waals surface area contributed by atoms with Gasteiger partial charge in [0.25, 0.3) is 0 Å². The molecule has 1 aliphatic rings. The highest BCUT2D eigenvalue weighted by Crippen LogP contribution is 2.17. The zero-order valence-corrected chi connectivity index (χ0v) is 12.0. The van der Waals surface area contributed by atoms with Gasteiger partial charge in [0.05, 0.1) is 0 Å². The van der Waals surface area contributed by atoms with Crippen LogP contribution in [0.5, 0.6) is 0 Å². The first-order valence-electron chi connectivity index (χ1n) is 7.51. The third kappa shape index (κ3) is 3.07. The number of hydrogen-bond donors (Lipinski definition) is 1. The van der Waals surface area contributed by atoms with Gasteiger partial charge in [-0.25, -0.2) is 4.98 Å². The molecule has 2 heterocycles. The Morgan fingerprint density at radius 3 is 2.85 bits per heavy atom. The van der Waals surface area contributed by atoms with Crippen LogP contribution in [0.1, 0.15) is 31.5 Å². The van der Waals surface area contributed by atoms with E-state index in [4.69, 9.17) is 0 Å². The van der Waals surface area contributed by atoms with E-state index in [2.05, 4.69) is 27.5 Å². The second kappa shape index (κ2) is 6.18. The summed E-state index contributed by atoms with van der Waals surface area (Å²) in [6.45, 7) is 1.17. The first-order chi connectivity index (χ1) is 9.83. The smallest absolute Gasteiger partial charge is 0.181 e. The highest BCUT2D eigenvalue weighted by Gasteiger charge is 2.15. The fraction of sp³-hybridized carbons (Fsp3) is 0.500. The molecule has 0 bridgehead atoms. The molecule has 1 aromatic carbocycles. The Morgan fingerprint density at radius 1 is 1.25 bits per heavy atom. The van der Waals surface area contributed by atoms with Crippen LogP contribution in [0.25, 0.3) is 11.4 Å². The van der Waals surface area contributed by atoms with Crippen LogP contribution in [0.2, 0.25) is 0 Å². The van der Waals surface area contributed by atoms with E-state index >= 15 is 0 Å². The summed E-state index contributed by atoms with van der Waals surface area (Å²) in [6.07, 6.45) is 6.11. The van der Waals surface area contributed by atoms with Gasteiger partial charge < -0.3 is 5.32 Å². The van der Waals surface area contributed by atoms with Gasteiger partial charge in [0.2, 0.25) is 0 Å². The minimum absolute atomic E-state index is 0.653. The Morgan fingerprint density at radius 2 is 2.10 bits per heavy atom. The predicted molar refractivity (Wildman–Crippen MR) is 80.4 cm³/mol. The third-order valence-corrected chi connectivity index (χ3v) is 4.01. The van der Waals surface area contributed by atoms with Crippen molar-refractivity contribution in [2.75, 3.05) is 6.54 Å². The summed E-state index contributed by atoms with van der Waals surface area (Å²) in [6, 6.07) is 10.8. The molecule has 1 N–H and O–H groups in total. The van der Waals surface area contributed by atoms with Crippen LogP contribution in [0.4, 0.5) is 0 Å². The summed E-state index contributed by atoms with van der Waals surface area (Å²) in [5.74, 6) is 1.91. The molecule has 4 heteroatoms. The molecule has 0 radical (unpaired) electrons.